The summed E-state index contributed by atoms with van der Waals surface area (Å²) in [6, 6.07) is 4.14. The second kappa shape index (κ2) is 6.23. The molecule has 3 aromatic rings. The van der Waals surface area contributed by atoms with Crippen LogP contribution in [0.25, 0.3) is 22.7 Å². The van der Waals surface area contributed by atoms with E-state index in [9.17, 15) is 13.2 Å². The van der Waals surface area contributed by atoms with Gasteiger partial charge in [-0.15, -0.1) is 0 Å². The number of aryl methyl sites for hydroxylation is 1. The smallest absolute Gasteiger partial charge is 0.310 e. The van der Waals surface area contributed by atoms with Gasteiger partial charge in [0.25, 0.3) is 0 Å². The van der Waals surface area contributed by atoms with Crippen molar-refractivity contribution in [1.82, 2.24) is 19.5 Å². The molecular formula is C18H16ClF3N4. The maximum atomic E-state index is 12.9. The van der Waals surface area contributed by atoms with Gasteiger partial charge in [0, 0.05) is 13.2 Å². The third-order valence-electron chi connectivity index (χ3n) is 4.91. The zero-order chi connectivity index (χ0) is 18.5. The van der Waals surface area contributed by atoms with Crippen LogP contribution >= 0.6 is 11.6 Å². The number of halogens is 4. The number of alkyl halides is 3. The predicted molar refractivity (Wildman–Crippen MR) is 93.0 cm³/mol. The number of imidazole rings is 1. The van der Waals surface area contributed by atoms with Crippen molar-refractivity contribution in [3.8, 4) is 11.5 Å². The van der Waals surface area contributed by atoms with Gasteiger partial charge in [-0.1, -0.05) is 24.4 Å². The van der Waals surface area contributed by atoms with E-state index >= 15 is 0 Å². The molecule has 0 N–H and O–H groups in total. The van der Waals surface area contributed by atoms with Crippen LogP contribution in [0.5, 0.6) is 0 Å². The first-order valence-electron chi connectivity index (χ1n) is 8.41. The fourth-order valence-electron chi connectivity index (χ4n) is 3.53. The number of aromatic nitrogens is 4. The summed E-state index contributed by atoms with van der Waals surface area (Å²) in [4.78, 5) is 12.5. The highest BCUT2D eigenvalue weighted by Gasteiger charge is 2.33. The summed E-state index contributed by atoms with van der Waals surface area (Å²) in [5.41, 5.74) is 1.12. The molecule has 0 amide bonds. The fourth-order valence-corrected chi connectivity index (χ4v) is 3.79. The van der Waals surface area contributed by atoms with Crippen molar-refractivity contribution in [1.29, 1.82) is 0 Å². The molecule has 4 nitrogen and oxygen atoms in total. The zero-order valence-corrected chi connectivity index (χ0v) is 14.8. The van der Waals surface area contributed by atoms with Crippen molar-refractivity contribution >= 4 is 22.8 Å². The van der Waals surface area contributed by atoms with Crippen molar-refractivity contribution in [2.75, 3.05) is 0 Å². The van der Waals surface area contributed by atoms with Crippen molar-refractivity contribution < 1.29 is 13.2 Å². The second-order valence-corrected chi connectivity index (χ2v) is 7.02. The number of nitrogens with zero attached hydrogens (tertiary/aromatic N) is 4. The summed E-state index contributed by atoms with van der Waals surface area (Å²) in [7, 11) is 1.61. The predicted octanol–water partition coefficient (Wildman–Crippen LogP) is 5.36. The third kappa shape index (κ3) is 2.94. The van der Waals surface area contributed by atoms with Crippen LogP contribution in [0.3, 0.4) is 0 Å². The quantitative estimate of drug-likeness (QED) is 0.601. The summed E-state index contributed by atoms with van der Waals surface area (Å²) in [5, 5.41) is 0.448. The van der Waals surface area contributed by atoms with Crippen LogP contribution in [-0.2, 0) is 13.2 Å². The summed E-state index contributed by atoms with van der Waals surface area (Å²) in [6.07, 6.45) is 1.98. The van der Waals surface area contributed by atoms with Crippen LogP contribution in [0, 0.1) is 0 Å². The maximum Gasteiger partial charge on any atom is 0.433 e. The molecule has 0 bridgehead atoms. The lowest BCUT2D eigenvalue weighted by atomic mass is 9.99. The van der Waals surface area contributed by atoms with Crippen LogP contribution in [-0.4, -0.2) is 19.5 Å². The molecule has 0 unspecified atom stereocenters. The van der Waals surface area contributed by atoms with E-state index in [2.05, 4.69) is 15.0 Å². The molecule has 3 aromatic heterocycles. The molecule has 8 heteroatoms. The molecule has 3 heterocycles. The minimum absolute atomic E-state index is 0.146. The van der Waals surface area contributed by atoms with E-state index in [1.165, 1.54) is 23.5 Å². The van der Waals surface area contributed by atoms with Crippen molar-refractivity contribution in [2.45, 2.75) is 37.8 Å². The molecule has 1 aliphatic carbocycles. The van der Waals surface area contributed by atoms with E-state index < -0.39 is 11.9 Å². The molecule has 0 spiro atoms. The molecular weight excluding hydrogens is 365 g/mol. The number of rotatable bonds is 2. The minimum Gasteiger partial charge on any atom is -0.310 e. The Morgan fingerprint density at radius 2 is 1.88 bits per heavy atom. The van der Waals surface area contributed by atoms with Gasteiger partial charge in [0.15, 0.2) is 11.5 Å². The Kier molecular flexibility index (Phi) is 4.14. The topological polar surface area (TPSA) is 43.6 Å². The Bertz CT molecular complexity index is 974. The van der Waals surface area contributed by atoms with Gasteiger partial charge >= 0.3 is 6.18 Å². The Morgan fingerprint density at radius 3 is 2.54 bits per heavy atom. The van der Waals surface area contributed by atoms with Crippen LogP contribution < -0.4 is 0 Å². The monoisotopic (exact) mass is 380 g/mol. The summed E-state index contributed by atoms with van der Waals surface area (Å²) >= 11 is 6.43. The standard InChI is InChI=1S/C18H16ClF3N4/c1-26-16-13(6-7-14(25-16)18(20,21)22)24-17(26)15-12(19)8-11(9-23-15)10-4-2-3-5-10/h6-10H,2-5H2,1H3. The van der Waals surface area contributed by atoms with Gasteiger partial charge in [-0.25, -0.2) is 9.97 Å². The Morgan fingerprint density at radius 1 is 1.15 bits per heavy atom. The van der Waals surface area contributed by atoms with Crippen LogP contribution in [0.1, 0.15) is 42.9 Å². The Hall–Kier alpha value is -2.15. The van der Waals surface area contributed by atoms with Crippen molar-refractivity contribution in [3.63, 3.8) is 0 Å². The SMILES string of the molecule is Cn1c(-c2ncc(C3CCCC3)cc2Cl)nc2ccc(C(F)(F)F)nc21. The van der Waals surface area contributed by atoms with Crippen molar-refractivity contribution in [3.05, 3.63) is 40.7 Å². The number of hydrogen-bond donors (Lipinski definition) is 0. The van der Waals surface area contributed by atoms with Crippen molar-refractivity contribution in [2.24, 2.45) is 7.05 Å². The van der Waals surface area contributed by atoms with E-state index in [1.807, 2.05) is 6.07 Å². The Balaban J connectivity index is 1.78. The van der Waals surface area contributed by atoms with Crippen LogP contribution in [0.15, 0.2) is 24.4 Å². The molecule has 0 saturated heterocycles. The van der Waals surface area contributed by atoms with E-state index in [1.54, 1.807) is 13.2 Å². The Labute approximate surface area is 153 Å². The van der Waals surface area contributed by atoms with Gasteiger partial charge < -0.3 is 4.57 Å². The highest BCUT2D eigenvalue weighted by Crippen LogP contribution is 2.37. The lowest BCUT2D eigenvalue weighted by molar-refractivity contribution is -0.141. The molecule has 4 rings (SSSR count). The lowest BCUT2D eigenvalue weighted by Crippen LogP contribution is -2.08. The van der Waals surface area contributed by atoms with E-state index in [4.69, 9.17) is 11.6 Å². The van der Waals surface area contributed by atoms with Crippen LogP contribution in [0.2, 0.25) is 5.02 Å². The zero-order valence-electron chi connectivity index (χ0n) is 14.0. The number of fused-ring (bicyclic) bond motifs is 1. The summed E-state index contributed by atoms with van der Waals surface area (Å²) in [5.74, 6) is 0.875. The molecule has 1 aliphatic rings. The lowest BCUT2D eigenvalue weighted by Gasteiger charge is -2.11. The fraction of sp³-hybridized carbons (Fsp3) is 0.389. The van der Waals surface area contributed by atoms with Gasteiger partial charge in [0.05, 0.1) is 5.02 Å². The largest absolute Gasteiger partial charge is 0.433 e. The minimum atomic E-state index is -4.50. The highest BCUT2D eigenvalue weighted by molar-refractivity contribution is 6.33. The maximum absolute atomic E-state index is 12.9. The first-order valence-corrected chi connectivity index (χ1v) is 8.79. The molecule has 0 radical (unpaired) electrons. The van der Waals surface area contributed by atoms with Gasteiger partial charge in [-0.05, 0) is 42.5 Å². The average molecular weight is 381 g/mol. The van der Waals surface area contributed by atoms with E-state index in [-0.39, 0.29) is 5.65 Å². The van der Waals surface area contributed by atoms with E-state index in [0.717, 1.165) is 24.5 Å². The average Bonchev–Trinajstić information content (AvgIpc) is 3.22. The second-order valence-electron chi connectivity index (χ2n) is 6.61. The first-order chi connectivity index (χ1) is 12.3. The normalized spacial score (nSPS) is 15.9. The van der Waals surface area contributed by atoms with Crippen LogP contribution in [0.4, 0.5) is 13.2 Å². The molecule has 0 atom stereocenters. The van der Waals surface area contributed by atoms with Gasteiger partial charge in [-0.2, -0.15) is 13.2 Å². The van der Waals surface area contributed by atoms with Gasteiger partial charge in [0.1, 0.15) is 16.9 Å². The number of pyridine rings is 2. The molecule has 1 saturated carbocycles. The molecule has 136 valence electrons. The molecule has 0 aliphatic heterocycles. The summed E-state index contributed by atoms with van der Waals surface area (Å²) < 4.78 is 40.2. The molecule has 26 heavy (non-hydrogen) atoms. The van der Waals surface area contributed by atoms with Gasteiger partial charge in [0.2, 0.25) is 0 Å². The van der Waals surface area contributed by atoms with Gasteiger partial charge in [-0.3, -0.25) is 4.98 Å². The molecule has 1 fully saturated rings. The van der Waals surface area contributed by atoms with E-state index in [0.29, 0.717) is 28.0 Å². The first kappa shape index (κ1) is 17.3. The third-order valence-corrected chi connectivity index (χ3v) is 5.20. The molecule has 0 aromatic carbocycles. The number of hydrogen-bond acceptors (Lipinski definition) is 3. The summed E-state index contributed by atoms with van der Waals surface area (Å²) in [6.45, 7) is 0. The highest BCUT2D eigenvalue weighted by atomic mass is 35.5.